The number of nitrogens with zero attached hydrogens (tertiary/aromatic N) is 1. The molecular formula is C21H29N3O3S. The van der Waals surface area contributed by atoms with Gasteiger partial charge in [-0.3, -0.25) is 4.79 Å². The van der Waals surface area contributed by atoms with Gasteiger partial charge in [0.15, 0.2) is 5.11 Å². The van der Waals surface area contributed by atoms with Gasteiger partial charge in [0.25, 0.3) is 5.56 Å². The molecule has 0 aliphatic carbocycles. The molecule has 1 fully saturated rings. The van der Waals surface area contributed by atoms with Crippen LogP contribution in [0.15, 0.2) is 23.0 Å². The minimum Gasteiger partial charge on any atom is -0.383 e. The lowest BCUT2D eigenvalue weighted by atomic mass is 10.0. The number of fused-ring (bicyclic) bond motifs is 1. The van der Waals surface area contributed by atoms with Crippen LogP contribution >= 0.6 is 12.2 Å². The van der Waals surface area contributed by atoms with Crippen molar-refractivity contribution in [3.63, 3.8) is 0 Å². The number of rotatable bonds is 7. The Hall–Kier alpha value is -1.96. The second kappa shape index (κ2) is 9.49. The lowest BCUT2D eigenvalue weighted by Crippen LogP contribution is -2.44. The zero-order valence-corrected chi connectivity index (χ0v) is 17.7. The number of aromatic nitrogens is 1. The summed E-state index contributed by atoms with van der Waals surface area (Å²) in [4.78, 5) is 17.8. The van der Waals surface area contributed by atoms with Crippen LogP contribution in [0.25, 0.3) is 10.9 Å². The van der Waals surface area contributed by atoms with Gasteiger partial charge in [-0.15, -0.1) is 0 Å². The smallest absolute Gasteiger partial charge is 0.253 e. The predicted octanol–water partition coefficient (Wildman–Crippen LogP) is 2.65. The van der Waals surface area contributed by atoms with Crippen molar-refractivity contribution in [3.8, 4) is 0 Å². The SMILES string of the molecule is COCCNC(=S)N(Cc1cc2c(C)ccc(C)c2[nH]c1=O)CC1CCCO1. The number of methoxy groups -OCH3 is 1. The molecule has 0 amide bonds. The van der Waals surface area contributed by atoms with Crippen LogP contribution in [0.3, 0.4) is 0 Å². The molecule has 3 rings (SSSR count). The van der Waals surface area contributed by atoms with Crippen molar-refractivity contribution in [3.05, 3.63) is 45.2 Å². The average molecular weight is 404 g/mol. The van der Waals surface area contributed by atoms with Gasteiger partial charge in [0.2, 0.25) is 0 Å². The summed E-state index contributed by atoms with van der Waals surface area (Å²) in [6.07, 6.45) is 2.23. The molecule has 6 nitrogen and oxygen atoms in total. The van der Waals surface area contributed by atoms with Crippen LogP contribution < -0.4 is 10.9 Å². The van der Waals surface area contributed by atoms with Gasteiger partial charge in [0.05, 0.1) is 24.8 Å². The van der Waals surface area contributed by atoms with Gasteiger partial charge >= 0.3 is 0 Å². The number of thiocarbonyl (C=S) groups is 1. The third-order valence-electron chi connectivity index (χ3n) is 5.20. The molecule has 152 valence electrons. The fraction of sp³-hybridized carbons (Fsp3) is 0.524. The third-order valence-corrected chi connectivity index (χ3v) is 5.60. The molecule has 1 aromatic heterocycles. The van der Waals surface area contributed by atoms with Crippen LogP contribution in [0.5, 0.6) is 0 Å². The van der Waals surface area contributed by atoms with Crippen molar-refractivity contribution < 1.29 is 9.47 Å². The van der Waals surface area contributed by atoms with E-state index in [0.29, 0.717) is 36.9 Å². The second-order valence-electron chi connectivity index (χ2n) is 7.35. The average Bonchev–Trinajstić information content (AvgIpc) is 3.18. The first-order valence-electron chi connectivity index (χ1n) is 9.75. The number of H-pyrrole nitrogens is 1. The van der Waals surface area contributed by atoms with Crippen molar-refractivity contribution in [1.29, 1.82) is 0 Å². The molecule has 0 bridgehead atoms. The molecule has 2 heterocycles. The molecule has 1 aromatic carbocycles. The molecule has 1 atom stereocenters. The fourth-order valence-electron chi connectivity index (χ4n) is 3.57. The highest BCUT2D eigenvalue weighted by Crippen LogP contribution is 2.21. The number of ether oxygens (including phenoxy) is 2. The summed E-state index contributed by atoms with van der Waals surface area (Å²) < 4.78 is 10.9. The molecule has 1 unspecified atom stereocenters. The summed E-state index contributed by atoms with van der Waals surface area (Å²) in [6, 6.07) is 6.11. The van der Waals surface area contributed by atoms with Gasteiger partial charge in [-0.2, -0.15) is 0 Å². The van der Waals surface area contributed by atoms with E-state index in [2.05, 4.69) is 23.3 Å². The fourth-order valence-corrected chi connectivity index (χ4v) is 3.81. The highest BCUT2D eigenvalue weighted by atomic mass is 32.1. The minimum absolute atomic E-state index is 0.0711. The molecule has 1 aliphatic heterocycles. The third kappa shape index (κ3) is 4.90. The van der Waals surface area contributed by atoms with Gasteiger partial charge in [-0.25, -0.2) is 0 Å². The number of pyridine rings is 1. The normalized spacial score (nSPS) is 16.5. The Kier molecular flexibility index (Phi) is 7.04. The van der Waals surface area contributed by atoms with Crippen LogP contribution in [0.1, 0.15) is 29.5 Å². The highest BCUT2D eigenvalue weighted by molar-refractivity contribution is 7.80. The predicted molar refractivity (Wildman–Crippen MR) is 116 cm³/mol. The van der Waals surface area contributed by atoms with Crippen molar-refractivity contribution in [2.24, 2.45) is 0 Å². The number of nitrogens with one attached hydrogen (secondary N) is 2. The quantitative estimate of drug-likeness (QED) is 0.547. The summed E-state index contributed by atoms with van der Waals surface area (Å²) in [5, 5.41) is 4.91. The van der Waals surface area contributed by atoms with E-state index in [4.69, 9.17) is 21.7 Å². The number of aromatic amines is 1. The van der Waals surface area contributed by atoms with Gasteiger partial charge in [-0.05, 0) is 56.1 Å². The number of aryl methyl sites for hydroxylation is 2. The van der Waals surface area contributed by atoms with Crippen molar-refractivity contribution in [2.45, 2.75) is 39.3 Å². The van der Waals surface area contributed by atoms with Gasteiger partial charge < -0.3 is 24.7 Å². The van der Waals surface area contributed by atoms with E-state index < -0.39 is 0 Å². The van der Waals surface area contributed by atoms with E-state index in [0.717, 1.165) is 41.5 Å². The molecule has 2 N–H and O–H groups in total. The van der Waals surface area contributed by atoms with Crippen LogP contribution in [0, 0.1) is 13.8 Å². The molecule has 0 saturated carbocycles. The Morgan fingerprint density at radius 3 is 2.89 bits per heavy atom. The van der Waals surface area contributed by atoms with Crippen LogP contribution in [-0.4, -0.2) is 54.5 Å². The van der Waals surface area contributed by atoms with Crippen molar-refractivity contribution in [2.75, 3.05) is 33.4 Å². The van der Waals surface area contributed by atoms with E-state index in [1.165, 1.54) is 0 Å². The summed E-state index contributed by atoms with van der Waals surface area (Å²) in [5.74, 6) is 0. The van der Waals surface area contributed by atoms with E-state index >= 15 is 0 Å². The maximum atomic E-state index is 12.8. The van der Waals surface area contributed by atoms with Gasteiger partial charge in [0, 0.05) is 37.8 Å². The topological polar surface area (TPSA) is 66.6 Å². The van der Waals surface area contributed by atoms with Crippen molar-refractivity contribution in [1.82, 2.24) is 15.2 Å². The van der Waals surface area contributed by atoms with E-state index in [1.54, 1.807) is 7.11 Å². The highest BCUT2D eigenvalue weighted by Gasteiger charge is 2.22. The molecular weight excluding hydrogens is 374 g/mol. The number of hydrogen-bond acceptors (Lipinski definition) is 4. The summed E-state index contributed by atoms with van der Waals surface area (Å²) in [7, 11) is 1.66. The zero-order chi connectivity index (χ0) is 20.1. The molecule has 1 aliphatic rings. The van der Waals surface area contributed by atoms with Crippen LogP contribution in [-0.2, 0) is 16.0 Å². The maximum absolute atomic E-state index is 12.8. The minimum atomic E-state index is -0.0711. The van der Waals surface area contributed by atoms with Gasteiger partial charge in [0.1, 0.15) is 0 Å². The van der Waals surface area contributed by atoms with E-state index in [9.17, 15) is 4.79 Å². The van der Waals surface area contributed by atoms with E-state index in [-0.39, 0.29) is 11.7 Å². The second-order valence-corrected chi connectivity index (χ2v) is 7.74. The van der Waals surface area contributed by atoms with Crippen molar-refractivity contribution >= 4 is 28.2 Å². The molecule has 0 radical (unpaired) electrons. The van der Waals surface area contributed by atoms with E-state index in [1.807, 2.05) is 24.0 Å². The Bertz CT molecular complexity index is 890. The Morgan fingerprint density at radius 1 is 1.39 bits per heavy atom. The number of hydrogen-bond donors (Lipinski definition) is 2. The first-order chi connectivity index (χ1) is 13.5. The zero-order valence-electron chi connectivity index (χ0n) is 16.8. The molecule has 2 aromatic rings. The summed E-state index contributed by atoms with van der Waals surface area (Å²) >= 11 is 5.60. The first kappa shape index (κ1) is 20.8. The molecule has 7 heteroatoms. The Balaban J connectivity index is 1.86. The lowest BCUT2D eigenvalue weighted by Gasteiger charge is -2.28. The molecule has 0 spiro atoms. The lowest BCUT2D eigenvalue weighted by molar-refractivity contribution is 0.0895. The Morgan fingerprint density at radius 2 is 2.18 bits per heavy atom. The Labute approximate surface area is 171 Å². The summed E-state index contributed by atoms with van der Waals surface area (Å²) in [6.45, 7) is 7.17. The molecule has 28 heavy (non-hydrogen) atoms. The monoisotopic (exact) mass is 403 g/mol. The van der Waals surface area contributed by atoms with Gasteiger partial charge in [-0.1, -0.05) is 12.1 Å². The number of benzene rings is 1. The van der Waals surface area contributed by atoms with Crippen LogP contribution in [0.2, 0.25) is 0 Å². The largest absolute Gasteiger partial charge is 0.383 e. The maximum Gasteiger partial charge on any atom is 0.253 e. The van der Waals surface area contributed by atoms with Crippen LogP contribution in [0.4, 0.5) is 0 Å². The first-order valence-corrected chi connectivity index (χ1v) is 10.2. The standard InChI is InChI=1S/C21H29N3O3S/c1-14-6-7-15(2)19-18(14)11-16(20(25)23-19)12-24(13-17-5-4-9-27-17)21(28)22-8-10-26-3/h6-7,11,17H,4-5,8-10,12-13H2,1-3H3,(H,22,28)(H,23,25). The molecule has 1 saturated heterocycles. The summed E-state index contributed by atoms with van der Waals surface area (Å²) in [5.41, 5.74) is 3.75.